The lowest BCUT2D eigenvalue weighted by Crippen LogP contribution is -2.41. The van der Waals surface area contributed by atoms with Gasteiger partial charge in [0.2, 0.25) is 5.88 Å². The Morgan fingerprint density at radius 2 is 1.90 bits per heavy atom. The first-order valence-electron chi connectivity index (χ1n) is 16.3. The molecule has 1 atom stereocenters. The molecule has 6 heterocycles. The van der Waals surface area contributed by atoms with Gasteiger partial charge in [0.05, 0.1) is 24.1 Å². The van der Waals surface area contributed by atoms with E-state index in [9.17, 15) is 26.4 Å². The van der Waals surface area contributed by atoms with E-state index in [1.807, 2.05) is 23.6 Å². The maximum atomic E-state index is 13.8. The second kappa shape index (κ2) is 12.5. The average molecular weight is 716 g/mol. The smallest absolute Gasteiger partial charge is 0.394 e. The zero-order chi connectivity index (χ0) is 35.3. The highest BCUT2D eigenvalue weighted by molar-refractivity contribution is 7.90. The third-order valence-corrected chi connectivity index (χ3v) is 10.9. The van der Waals surface area contributed by atoms with Crippen LogP contribution in [0.3, 0.4) is 0 Å². The monoisotopic (exact) mass is 715 g/mol. The van der Waals surface area contributed by atoms with Crippen LogP contribution in [0.4, 0.5) is 24.8 Å². The normalized spacial score (nSPS) is 21.1. The fraction of sp³-hybridized carbons (Fsp3) is 0.516. The van der Waals surface area contributed by atoms with Crippen molar-refractivity contribution in [3.05, 3.63) is 54.0 Å². The summed E-state index contributed by atoms with van der Waals surface area (Å²) in [4.78, 5) is 26.9. The van der Waals surface area contributed by atoms with Crippen molar-refractivity contribution >= 4 is 27.6 Å². The Labute approximate surface area is 285 Å². The van der Waals surface area contributed by atoms with Crippen LogP contribution in [0.15, 0.2) is 47.6 Å². The summed E-state index contributed by atoms with van der Waals surface area (Å²) in [5, 5.41) is 18.2. The molecule has 2 fully saturated rings. The molecule has 7 rings (SSSR count). The third kappa shape index (κ3) is 6.69. The van der Waals surface area contributed by atoms with Gasteiger partial charge in [-0.3, -0.25) is 4.79 Å². The SMILES string of the molecule is CC1(C)C[C@@H]2CCCN(Cc3nn[nH]n3)c3cccc(n3)S(=O)(=O)NC(=O)c3ccc(-n4ccc(OCCC5(C(F)(F)F)CC5)n4)nc3N1C2. The lowest BCUT2D eigenvalue weighted by Gasteiger charge is -2.34. The molecule has 0 unspecified atom stereocenters. The van der Waals surface area contributed by atoms with E-state index in [-0.39, 0.29) is 60.6 Å². The highest BCUT2D eigenvalue weighted by Crippen LogP contribution is 2.59. The Kier molecular flexibility index (Phi) is 8.42. The largest absolute Gasteiger partial charge is 0.477 e. The zero-order valence-electron chi connectivity index (χ0n) is 27.4. The number of hydrogen-bond donors (Lipinski definition) is 2. The number of nitrogens with zero attached hydrogens (tertiary/aromatic N) is 9. The van der Waals surface area contributed by atoms with Crippen LogP contribution in [-0.2, 0) is 16.6 Å². The molecule has 266 valence electrons. The summed E-state index contributed by atoms with van der Waals surface area (Å²) in [5.41, 5.74) is -2.09. The van der Waals surface area contributed by atoms with E-state index < -0.39 is 33.1 Å². The topological polar surface area (TPSA) is 177 Å². The Morgan fingerprint density at radius 1 is 1.08 bits per heavy atom. The van der Waals surface area contributed by atoms with Crippen molar-refractivity contribution in [3.63, 3.8) is 0 Å². The molecule has 2 aliphatic heterocycles. The number of carbonyl (C=O) groups excluding carboxylic acids is 1. The lowest BCUT2D eigenvalue weighted by atomic mass is 9.93. The number of hydrogen-bond acceptors (Lipinski definition) is 12. The molecule has 1 amide bonds. The predicted molar refractivity (Wildman–Crippen MR) is 172 cm³/mol. The third-order valence-electron chi connectivity index (χ3n) is 9.70. The summed E-state index contributed by atoms with van der Waals surface area (Å²) in [6.45, 7) is 5.30. The van der Waals surface area contributed by atoms with Gasteiger partial charge in [-0.05, 0) is 82.6 Å². The molecule has 4 bridgehead atoms. The molecular formula is C31H36F3N11O4S. The van der Waals surface area contributed by atoms with Gasteiger partial charge in [-0.25, -0.2) is 19.4 Å². The minimum atomic E-state index is -4.42. The number of aromatic nitrogens is 8. The molecule has 0 spiro atoms. The second-order valence-electron chi connectivity index (χ2n) is 13.7. The molecule has 0 aromatic carbocycles. The van der Waals surface area contributed by atoms with Crippen LogP contribution in [0.1, 0.15) is 68.6 Å². The van der Waals surface area contributed by atoms with Gasteiger partial charge in [0.1, 0.15) is 11.6 Å². The number of H-pyrrole nitrogens is 1. The van der Waals surface area contributed by atoms with E-state index >= 15 is 0 Å². The first-order chi connectivity index (χ1) is 23.7. The molecule has 15 nitrogen and oxygen atoms in total. The van der Waals surface area contributed by atoms with Crippen LogP contribution in [0.2, 0.25) is 0 Å². The number of carbonyl (C=O) groups is 1. The van der Waals surface area contributed by atoms with Crippen LogP contribution in [0.5, 0.6) is 5.88 Å². The molecule has 4 aromatic heterocycles. The van der Waals surface area contributed by atoms with Crippen molar-refractivity contribution in [2.45, 2.75) is 75.7 Å². The number of tetrazole rings is 1. The number of rotatable bonds is 7. The van der Waals surface area contributed by atoms with Gasteiger partial charge in [0, 0.05) is 30.9 Å². The quantitative estimate of drug-likeness (QED) is 0.283. The fourth-order valence-corrected chi connectivity index (χ4v) is 7.75. The van der Waals surface area contributed by atoms with Gasteiger partial charge in [-0.2, -0.15) is 26.8 Å². The second-order valence-corrected chi connectivity index (χ2v) is 15.3. The van der Waals surface area contributed by atoms with Crippen molar-refractivity contribution < 1.29 is 31.1 Å². The highest BCUT2D eigenvalue weighted by Gasteiger charge is 2.62. The summed E-state index contributed by atoms with van der Waals surface area (Å²) in [5.74, 6) is 0.865. The molecule has 50 heavy (non-hydrogen) atoms. The number of pyridine rings is 2. The Hall–Kier alpha value is -4.81. The van der Waals surface area contributed by atoms with Crippen LogP contribution < -0.4 is 19.3 Å². The summed E-state index contributed by atoms with van der Waals surface area (Å²) >= 11 is 0. The number of halogens is 3. The van der Waals surface area contributed by atoms with Gasteiger partial charge < -0.3 is 14.5 Å². The summed E-state index contributed by atoms with van der Waals surface area (Å²) in [7, 11) is -4.42. The molecule has 1 aliphatic carbocycles. The van der Waals surface area contributed by atoms with E-state index in [1.54, 1.807) is 18.3 Å². The van der Waals surface area contributed by atoms with Gasteiger partial charge in [0.25, 0.3) is 15.9 Å². The standard InChI is InChI=1S/C31H36F3N11O4S/c1-29(2)17-20-5-4-14-43(19-22-37-41-42-38-22)23-6-3-7-26(35-23)50(47,48)40-28(46)21-8-9-24(36-27(21)44(29)18-20)45-15-10-25(39-45)49-16-13-30(11-12-30)31(32,33)34/h3,6-10,15,20H,4-5,11-14,16-19H2,1-2H3,(H,40,46)(H,37,38,41,42)/t20-/m0/s1. The lowest BCUT2D eigenvalue weighted by molar-refractivity contribution is -0.190. The van der Waals surface area contributed by atoms with E-state index in [4.69, 9.17) is 9.72 Å². The van der Waals surface area contributed by atoms with Gasteiger partial charge in [-0.1, -0.05) is 11.3 Å². The van der Waals surface area contributed by atoms with Gasteiger partial charge in [0.15, 0.2) is 16.7 Å². The fourth-order valence-electron chi connectivity index (χ4n) is 6.82. The summed E-state index contributed by atoms with van der Waals surface area (Å²) < 4.78 is 76.3. The van der Waals surface area contributed by atoms with Crippen LogP contribution in [0, 0.1) is 11.3 Å². The first kappa shape index (κ1) is 33.7. The Morgan fingerprint density at radius 3 is 2.64 bits per heavy atom. The van der Waals surface area contributed by atoms with Gasteiger partial charge >= 0.3 is 6.18 Å². The van der Waals surface area contributed by atoms with Crippen molar-refractivity contribution in [2.75, 3.05) is 29.5 Å². The number of ether oxygens (including phenoxy) is 1. The number of sulfonamides is 1. The molecule has 1 saturated heterocycles. The maximum absolute atomic E-state index is 13.8. The molecule has 0 radical (unpaired) electrons. The van der Waals surface area contributed by atoms with Crippen LogP contribution in [0.25, 0.3) is 5.82 Å². The van der Waals surface area contributed by atoms with Crippen molar-refractivity contribution in [3.8, 4) is 11.7 Å². The Balaban J connectivity index is 1.18. The first-order valence-corrected chi connectivity index (χ1v) is 17.8. The van der Waals surface area contributed by atoms with Crippen LogP contribution in [-0.4, -0.2) is 86.1 Å². The van der Waals surface area contributed by atoms with E-state index in [2.05, 4.69) is 35.4 Å². The molecule has 2 N–H and O–H groups in total. The summed E-state index contributed by atoms with van der Waals surface area (Å²) in [6, 6.07) is 9.10. The number of aromatic amines is 1. The minimum Gasteiger partial charge on any atom is -0.477 e. The van der Waals surface area contributed by atoms with Crippen molar-refractivity contribution in [2.24, 2.45) is 11.3 Å². The number of fused-ring (bicyclic) bond motifs is 6. The summed E-state index contributed by atoms with van der Waals surface area (Å²) in [6.07, 6.45) is -0.290. The van der Waals surface area contributed by atoms with E-state index in [0.29, 0.717) is 30.5 Å². The number of alkyl halides is 3. The predicted octanol–water partition coefficient (Wildman–Crippen LogP) is 3.81. The van der Waals surface area contributed by atoms with Crippen molar-refractivity contribution in [1.29, 1.82) is 0 Å². The molecule has 4 aromatic rings. The Bertz CT molecular complexity index is 1980. The van der Waals surface area contributed by atoms with Crippen LogP contribution >= 0.6 is 0 Å². The highest BCUT2D eigenvalue weighted by atomic mass is 32.2. The average Bonchev–Trinajstić information content (AvgIpc) is 3.34. The molecule has 1 saturated carbocycles. The molecule has 19 heteroatoms. The number of amides is 1. The number of anilines is 2. The minimum absolute atomic E-state index is 0.0429. The maximum Gasteiger partial charge on any atom is 0.394 e. The van der Waals surface area contributed by atoms with Crippen molar-refractivity contribution in [1.82, 2.24) is 45.1 Å². The van der Waals surface area contributed by atoms with Gasteiger partial charge in [-0.15, -0.1) is 15.3 Å². The van der Waals surface area contributed by atoms with E-state index in [1.165, 1.54) is 28.9 Å². The van der Waals surface area contributed by atoms with E-state index in [0.717, 1.165) is 19.3 Å². The molecular weight excluding hydrogens is 679 g/mol. The zero-order valence-corrected chi connectivity index (χ0v) is 28.2. The molecule has 3 aliphatic rings. The number of nitrogens with one attached hydrogen (secondary N) is 2.